The highest BCUT2D eigenvalue weighted by atomic mass is 35.5. The lowest BCUT2D eigenvalue weighted by molar-refractivity contribution is 0.128. The lowest BCUT2D eigenvalue weighted by Crippen LogP contribution is -2.53. The maximum Gasteiger partial charge on any atom is 0.0642 e. The van der Waals surface area contributed by atoms with Gasteiger partial charge in [-0.25, -0.2) is 0 Å². The molecule has 0 unspecified atom stereocenters. The van der Waals surface area contributed by atoms with E-state index in [9.17, 15) is 0 Å². The molecular formula is C15H24ClN3. The zero-order chi connectivity index (χ0) is 14.0. The Morgan fingerprint density at radius 1 is 1.16 bits per heavy atom. The molecule has 0 aromatic heterocycles. The number of nitrogens with two attached hydrogens (primary N) is 1. The third-order valence-electron chi connectivity index (χ3n) is 3.83. The number of nitrogens with zero attached hydrogens (tertiary/aromatic N) is 2. The number of halogens is 1. The van der Waals surface area contributed by atoms with Gasteiger partial charge in [0.15, 0.2) is 0 Å². The van der Waals surface area contributed by atoms with E-state index < -0.39 is 0 Å². The van der Waals surface area contributed by atoms with Crippen molar-refractivity contribution in [2.45, 2.75) is 32.9 Å². The Kier molecular flexibility index (Phi) is 4.39. The zero-order valence-electron chi connectivity index (χ0n) is 12.1. The molecule has 4 heteroatoms. The van der Waals surface area contributed by atoms with Gasteiger partial charge in [0, 0.05) is 38.3 Å². The summed E-state index contributed by atoms with van der Waals surface area (Å²) in [5.74, 6) is 0. The highest BCUT2D eigenvalue weighted by Gasteiger charge is 2.27. The smallest absolute Gasteiger partial charge is 0.0642 e. The molecule has 0 saturated carbocycles. The third kappa shape index (κ3) is 3.22. The highest BCUT2D eigenvalue weighted by Crippen LogP contribution is 2.31. The molecule has 1 aliphatic heterocycles. The Bertz CT molecular complexity index is 432. The fraction of sp³-hybridized carbons (Fsp3) is 0.600. The summed E-state index contributed by atoms with van der Waals surface area (Å²) in [5.41, 5.74) is 8.33. The van der Waals surface area contributed by atoms with E-state index in [0.717, 1.165) is 42.5 Å². The van der Waals surface area contributed by atoms with Crippen LogP contribution in [0.25, 0.3) is 0 Å². The molecule has 1 aromatic carbocycles. The van der Waals surface area contributed by atoms with E-state index >= 15 is 0 Å². The van der Waals surface area contributed by atoms with Gasteiger partial charge in [0.25, 0.3) is 0 Å². The van der Waals surface area contributed by atoms with Gasteiger partial charge >= 0.3 is 0 Å². The minimum absolute atomic E-state index is 0.239. The fourth-order valence-corrected chi connectivity index (χ4v) is 2.99. The van der Waals surface area contributed by atoms with Gasteiger partial charge in [-0.05, 0) is 32.4 Å². The molecule has 2 N–H and O–H groups in total. The number of hydrogen-bond donors (Lipinski definition) is 1. The molecule has 0 spiro atoms. The predicted octanol–water partition coefficient (Wildman–Crippen LogP) is 2.72. The number of rotatable bonds is 2. The molecule has 1 saturated heterocycles. The van der Waals surface area contributed by atoms with Crippen molar-refractivity contribution in [2.75, 3.05) is 31.1 Å². The second-order valence-electron chi connectivity index (χ2n) is 6.10. The van der Waals surface area contributed by atoms with Gasteiger partial charge in [-0.15, -0.1) is 0 Å². The summed E-state index contributed by atoms with van der Waals surface area (Å²) < 4.78 is 0. The second-order valence-corrected chi connectivity index (χ2v) is 6.50. The lowest BCUT2D eigenvalue weighted by atomic mass is 10.0. The van der Waals surface area contributed by atoms with Crippen LogP contribution >= 0.6 is 11.6 Å². The molecule has 106 valence electrons. The average Bonchev–Trinajstić information content (AvgIpc) is 2.37. The van der Waals surface area contributed by atoms with Crippen molar-refractivity contribution >= 4 is 17.3 Å². The molecule has 1 aromatic rings. The van der Waals surface area contributed by atoms with Gasteiger partial charge < -0.3 is 10.6 Å². The van der Waals surface area contributed by atoms with Crippen molar-refractivity contribution in [3.05, 3.63) is 28.8 Å². The molecule has 1 aliphatic rings. The molecule has 1 fully saturated rings. The molecule has 0 atom stereocenters. The van der Waals surface area contributed by atoms with Crippen molar-refractivity contribution in [2.24, 2.45) is 5.73 Å². The van der Waals surface area contributed by atoms with Crippen LogP contribution in [0.2, 0.25) is 5.02 Å². The molecule has 0 aliphatic carbocycles. The van der Waals surface area contributed by atoms with Crippen LogP contribution in [0.1, 0.15) is 26.3 Å². The van der Waals surface area contributed by atoms with E-state index in [2.05, 4.69) is 36.6 Å². The summed E-state index contributed by atoms with van der Waals surface area (Å²) in [5, 5.41) is 0.812. The highest BCUT2D eigenvalue weighted by molar-refractivity contribution is 6.33. The van der Waals surface area contributed by atoms with Gasteiger partial charge in [-0.1, -0.05) is 23.7 Å². The molecule has 0 radical (unpaired) electrons. The van der Waals surface area contributed by atoms with E-state index in [0.29, 0.717) is 6.54 Å². The second kappa shape index (κ2) is 5.70. The zero-order valence-corrected chi connectivity index (χ0v) is 12.9. The number of hydrogen-bond acceptors (Lipinski definition) is 3. The molecule has 0 bridgehead atoms. The number of anilines is 1. The summed E-state index contributed by atoms with van der Waals surface area (Å²) in [6.07, 6.45) is 0. The van der Waals surface area contributed by atoms with Crippen LogP contribution in [-0.2, 0) is 6.54 Å². The summed E-state index contributed by atoms with van der Waals surface area (Å²) in [6.45, 7) is 11.5. The Labute approximate surface area is 121 Å². The summed E-state index contributed by atoms with van der Waals surface area (Å²) in [4.78, 5) is 4.88. The summed E-state index contributed by atoms with van der Waals surface area (Å²) in [6, 6.07) is 5.99. The van der Waals surface area contributed by atoms with Gasteiger partial charge in [0.05, 0.1) is 10.7 Å². The van der Waals surface area contributed by atoms with Crippen molar-refractivity contribution in [1.29, 1.82) is 0 Å². The molecule has 0 amide bonds. The van der Waals surface area contributed by atoms with Crippen LogP contribution in [0.5, 0.6) is 0 Å². The van der Waals surface area contributed by atoms with E-state index in [-0.39, 0.29) is 5.54 Å². The summed E-state index contributed by atoms with van der Waals surface area (Å²) >= 11 is 6.36. The predicted molar refractivity (Wildman–Crippen MR) is 82.9 cm³/mol. The SMILES string of the molecule is CC(C)(C)N1CCN(c2c(Cl)cccc2CN)CC1. The van der Waals surface area contributed by atoms with Crippen LogP contribution in [0, 0.1) is 0 Å². The van der Waals surface area contributed by atoms with E-state index in [1.165, 1.54) is 0 Å². The van der Waals surface area contributed by atoms with Crippen LogP contribution < -0.4 is 10.6 Å². The topological polar surface area (TPSA) is 32.5 Å². The van der Waals surface area contributed by atoms with Crippen LogP contribution in [0.15, 0.2) is 18.2 Å². The van der Waals surface area contributed by atoms with E-state index in [1.54, 1.807) is 0 Å². The van der Waals surface area contributed by atoms with Crippen molar-refractivity contribution < 1.29 is 0 Å². The standard InChI is InChI=1S/C15H24ClN3/c1-15(2,3)19-9-7-18(8-10-19)14-12(11-17)5-4-6-13(14)16/h4-6H,7-11,17H2,1-3H3. The minimum Gasteiger partial charge on any atom is -0.367 e. The van der Waals surface area contributed by atoms with Gasteiger partial charge in [-0.2, -0.15) is 0 Å². The molecule has 2 rings (SSSR count). The minimum atomic E-state index is 0.239. The third-order valence-corrected chi connectivity index (χ3v) is 4.14. The van der Waals surface area contributed by atoms with Gasteiger partial charge in [0.1, 0.15) is 0 Å². The first-order valence-electron chi connectivity index (χ1n) is 6.91. The largest absolute Gasteiger partial charge is 0.367 e. The Morgan fingerprint density at radius 3 is 2.32 bits per heavy atom. The average molecular weight is 282 g/mol. The maximum absolute atomic E-state index is 6.36. The van der Waals surface area contributed by atoms with Crippen molar-refractivity contribution in [3.8, 4) is 0 Å². The first-order chi connectivity index (χ1) is 8.93. The number of piperazine rings is 1. The first kappa shape index (κ1) is 14.6. The molecule has 3 nitrogen and oxygen atoms in total. The summed E-state index contributed by atoms with van der Waals surface area (Å²) in [7, 11) is 0. The molecule has 19 heavy (non-hydrogen) atoms. The van der Waals surface area contributed by atoms with E-state index in [1.807, 2.05) is 12.1 Å². The Balaban J connectivity index is 2.14. The normalized spacial score (nSPS) is 17.8. The quantitative estimate of drug-likeness (QED) is 0.905. The fourth-order valence-electron chi connectivity index (χ4n) is 2.68. The number of para-hydroxylation sites is 1. The van der Waals surface area contributed by atoms with Gasteiger partial charge in [0.2, 0.25) is 0 Å². The monoisotopic (exact) mass is 281 g/mol. The van der Waals surface area contributed by atoms with E-state index in [4.69, 9.17) is 17.3 Å². The van der Waals surface area contributed by atoms with Crippen LogP contribution in [0.3, 0.4) is 0 Å². The number of benzene rings is 1. The lowest BCUT2D eigenvalue weighted by Gasteiger charge is -2.43. The van der Waals surface area contributed by atoms with Gasteiger partial charge in [-0.3, -0.25) is 4.90 Å². The molecule has 1 heterocycles. The molecular weight excluding hydrogens is 258 g/mol. The van der Waals surface area contributed by atoms with Crippen molar-refractivity contribution in [1.82, 2.24) is 4.90 Å². The van der Waals surface area contributed by atoms with Crippen LogP contribution in [-0.4, -0.2) is 36.6 Å². The Hall–Kier alpha value is -0.770. The van der Waals surface area contributed by atoms with Crippen LogP contribution in [0.4, 0.5) is 5.69 Å². The first-order valence-corrected chi connectivity index (χ1v) is 7.28. The van der Waals surface area contributed by atoms with Crippen molar-refractivity contribution in [3.63, 3.8) is 0 Å². The maximum atomic E-state index is 6.36. The Morgan fingerprint density at radius 2 is 1.79 bits per heavy atom.